The fourth-order valence-electron chi connectivity index (χ4n) is 2.90. The van der Waals surface area contributed by atoms with E-state index in [2.05, 4.69) is 17.2 Å². The third-order valence-electron chi connectivity index (χ3n) is 4.22. The van der Waals surface area contributed by atoms with Crippen molar-refractivity contribution in [1.82, 2.24) is 9.88 Å². The van der Waals surface area contributed by atoms with Crippen molar-refractivity contribution in [2.45, 2.75) is 26.2 Å². The third kappa shape index (κ3) is 4.63. The van der Waals surface area contributed by atoms with Gasteiger partial charge in [0.1, 0.15) is 5.82 Å². The topological polar surface area (TPSA) is 62.3 Å². The molecule has 1 fully saturated rings. The summed E-state index contributed by atoms with van der Waals surface area (Å²) in [6.07, 6.45) is 2.46. The van der Waals surface area contributed by atoms with Crippen LogP contribution in [0.25, 0.3) is 0 Å². The standard InChI is InChI=1S/C18H20FN3O2S/c1-12-3-2-8-22(10-12)16(23)9-15-11-25-18(20-15)21-17(24)13-4-6-14(19)7-5-13/h4-7,11-12H,2-3,8-10H2,1H3,(H,20,21,24). The van der Waals surface area contributed by atoms with E-state index >= 15 is 0 Å². The molecule has 2 heterocycles. The van der Waals surface area contributed by atoms with Crippen LogP contribution in [-0.2, 0) is 11.2 Å². The van der Waals surface area contributed by atoms with Crippen LogP contribution in [0.15, 0.2) is 29.6 Å². The number of rotatable bonds is 4. The van der Waals surface area contributed by atoms with Gasteiger partial charge >= 0.3 is 0 Å². The first-order valence-corrected chi connectivity index (χ1v) is 9.18. The molecule has 0 spiro atoms. The fraction of sp³-hybridized carbons (Fsp3) is 0.389. The molecule has 1 aliphatic rings. The molecule has 25 heavy (non-hydrogen) atoms. The number of nitrogens with one attached hydrogen (secondary N) is 1. The number of hydrogen-bond donors (Lipinski definition) is 1. The molecule has 3 rings (SSSR count). The van der Waals surface area contributed by atoms with Gasteiger partial charge < -0.3 is 4.90 Å². The molecule has 0 bridgehead atoms. The Morgan fingerprint density at radius 3 is 2.84 bits per heavy atom. The Morgan fingerprint density at radius 1 is 1.36 bits per heavy atom. The second kappa shape index (κ2) is 7.74. The minimum absolute atomic E-state index is 0.0771. The molecule has 132 valence electrons. The lowest BCUT2D eigenvalue weighted by atomic mass is 10.00. The van der Waals surface area contributed by atoms with Gasteiger partial charge in [0.05, 0.1) is 12.1 Å². The maximum atomic E-state index is 12.9. The first kappa shape index (κ1) is 17.5. The molecule has 1 aliphatic heterocycles. The van der Waals surface area contributed by atoms with Crippen LogP contribution in [-0.4, -0.2) is 34.8 Å². The van der Waals surface area contributed by atoms with E-state index in [0.717, 1.165) is 19.5 Å². The Kier molecular flexibility index (Phi) is 5.43. The molecule has 1 aromatic heterocycles. The zero-order valence-corrected chi connectivity index (χ0v) is 14.8. The molecule has 1 unspecified atom stereocenters. The number of halogens is 1. The molecule has 0 saturated carbocycles. The summed E-state index contributed by atoms with van der Waals surface area (Å²) < 4.78 is 12.9. The normalized spacial score (nSPS) is 17.4. The van der Waals surface area contributed by atoms with Gasteiger partial charge in [-0.3, -0.25) is 14.9 Å². The van der Waals surface area contributed by atoms with E-state index in [-0.39, 0.29) is 18.2 Å². The molecule has 2 aromatic rings. The van der Waals surface area contributed by atoms with Gasteiger partial charge in [-0.15, -0.1) is 11.3 Å². The van der Waals surface area contributed by atoms with Crippen molar-refractivity contribution < 1.29 is 14.0 Å². The summed E-state index contributed by atoms with van der Waals surface area (Å²) in [5.74, 6) is -0.123. The summed E-state index contributed by atoms with van der Waals surface area (Å²) in [6.45, 7) is 3.77. The van der Waals surface area contributed by atoms with Crippen LogP contribution in [0.4, 0.5) is 9.52 Å². The number of benzene rings is 1. The van der Waals surface area contributed by atoms with E-state index in [1.807, 2.05) is 4.90 Å². The van der Waals surface area contributed by atoms with E-state index < -0.39 is 5.82 Å². The molecule has 2 amide bonds. The minimum atomic E-state index is -0.390. The Morgan fingerprint density at radius 2 is 2.12 bits per heavy atom. The van der Waals surface area contributed by atoms with Crippen LogP contribution in [0, 0.1) is 11.7 Å². The Labute approximate surface area is 149 Å². The highest BCUT2D eigenvalue weighted by atomic mass is 32.1. The lowest BCUT2D eigenvalue weighted by Gasteiger charge is -2.30. The Bertz CT molecular complexity index is 760. The molecule has 1 atom stereocenters. The molecule has 0 radical (unpaired) electrons. The summed E-state index contributed by atoms with van der Waals surface area (Å²) in [4.78, 5) is 30.7. The van der Waals surface area contributed by atoms with E-state index in [0.29, 0.717) is 22.3 Å². The van der Waals surface area contributed by atoms with Crippen molar-refractivity contribution in [2.24, 2.45) is 5.92 Å². The SMILES string of the molecule is CC1CCCN(C(=O)Cc2csc(NC(=O)c3ccc(F)cc3)n2)C1. The number of carbonyl (C=O) groups excluding carboxylic acids is 2. The summed E-state index contributed by atoms with van der Waals surface area (Å²) >= 11 is 1.28. The van der Waals surface area contributed by atoms with Gasteiger partial charge in [-0.1, -0.05) is 6.92 Å². The van der Waals surface area contributed by atoms with Crippen LogP contribution in [0.2, 0.25) is 0 Å². The maximum Gasteiger partial charge on any atom is 0.257 e. The van der Waals surface area contributed by atoms with Crippen molar-refractivity contribution in [3.63, 3.8) is 0 Å². The predicted molar refractivity (Wildman–Crippen MR) is 95.1 cm³/mol. The Hall–Kier alpha value is -2.28. The van der Waals surface area contributed by atoms with Crippen LogP contribution in [0.3, 0.4) is 0 Å². The van der Waals surface area contributed by atoms with E-state index in [9.17, 15) is 14.0 Å². The summed E-state index contributed by atoms with van der Waals surface area (Å²) in [5, 5.41) is 4.90. The zero-order chi connectivity index (χ0) is 17.8. The molecule has 0 aliphatic carbocycles. The highest BCUT2D eigenvalue weighted by Crippen LogP contribution is 2.20. The molecule has 1 N–H and O–H groups in total. The number of hydrogen-bond acceptors (Lipinski definition) is 4. The van der Waals surface area contributed by atoms with Gasteiger partial charge in [0.2, 0.25) is 5.91 Å². The second-order valence-corrected chi connectivity index (χ2v) is 7.23. The van der Waals surface area contributed by atoms with Crippen molar-refractivity contribution in [2.75, 3.05) is 18.4 Å². The first-order valence-electron chi connectivity index (χ1n) is 8.30. The van der Waals surface area contributed by atoms with Gasteiger partial charge in [-0.25, -0.2) is 9.37 Å². The predicted octanol–water partition coefficient (Wildman–Crippen LogP) is 3.34. The van der Waals surface area contributed by atoms with Gasteiger partial charge in [-0.2, -0.15) is 0 Å². The number of thiazole rings is 1. The minimum Gasteiger partial charge on any atom is -0.342 e. The number of amides is 2. The molecular weight excluding hydrogens is 341 g/mol. The van der Waals surface area contributed by atoms with Gasteiger partial charge in [0.25, 0.3) is 5.91 Å². The smallest absolute Gasteiger partial charge is 0.257 e. The quantitative estimate of drug-likeness (QED) is 0.908. The lowest BCUT2D eigenvalue weighted by molar-refractivity contribution is -0.132. The van der Waals surface area contributed by atoms with Gasteiger partial charge in [0, 0.05) is 24.0 Å². The van der Waals surface area contributed by atoms with Crippen molar-refractivity contribution >= 4 is 28.3 Å². The molecule has 7 heteroatoms. The van der Waals surface area contributed by atoms with Crippen LogP contribution in [0.5, 0.6) is 0 Å². The third-order valence-corrected chi connectivity index (χ3v) is 5.03. The highest BCUT2D eigenvalue weighted by Gasteiger charge is 2.21. The monoisotopic (exact) mass is 361 g/mol. The van der Waals surface area contributed by atoms with E-state index in [1.165, 1.54) is 42.0 Å². The second-order valence-electron chi connectivity index (χ2n) is 6.37. The van der Waals surface area contributed by atoms with Gasteiger partial charge in [0.15, 0.2) is 5.13 Å². The number of piperidine rings is 1. The van der Waals surface area contributed by atoms with Crippen molar-refractivity contribution in [3.05, 3.63) is 46.7 Å². The van der Waals surface area contributed by atoms with E-state index in [1.54, 1.807) is 5.38 Å². The number of likely N-dealkylation sites (tertiary alicyclic amines) is 1. The number of carbonyl (C=O) groups is 2. The Balaban J connectivity index is 1.57. The molecule has 1 aromatic carbocycles. The fourth-order valence-corrected chi connectivity index (χ4v) is 3.60. The van der Waals surface area contributed by atoms with Crippen LogP contribution in [0.1, 0.15) is 35.8 Å². The van der Waals surface area contributed by atoms with E-state index in [4.69, 9.17) is 0 Å². The highest BCUT2D eigenvalue weighted by molar-refractivity contribution is 7.14. The average Bonchev–Trinajstić information content (AvgIpc) is 3.02. The lowest BCUT2D eigenvalue weighted by Crippen LogP contribution is -2.39. The summed E-state index contributed by atoms with van der Waals surface area (Å²) in [6, 6.07) is 5.31. The largest absolute Gasteiger partial charge is 0.342 e. The van der Waals surface area contributed by atoms with Crippen molar-refractivity contribution in [3.8, 4) is 0 Å². The number of anilines is 1. The maximum absolute atomic E-state index is 12.9. The van der Waals surface area contributed by atoms with Crippen LogP contribution >= 0.6 is 11.3 Å². The zero-order valence-electron chi connectivity index (χ0n) is 14.0. The molecule has 1 saturated heterocycles. The molecular formula is C18H20FN3O2S. The first-order chi connectivity index (χ1) is 12.0. The molecule has 5 nitrogen and oxygen atoms in total. The van der Waals surface area contributed by atoms with Crippen molar-refractivity contribution in [1.29, 1.82) is 0 Å². The average molecular weight is 361 g/mol. The number of aromatic nitrogens is 1. The number of nitrogens with zero attached hydrogens (tertiary/aromatic N) is 2. The van der Waals surface area contributed by atoms with Crippen LogP contribution < -0.4 is 5.32 Å². The summed E-state index contributed by atoms with van der Waals surface area (Å²) in [7, 11) is 0. The van der Waals surface area contributed by atoms with Gasteiger partial charge in [-0.05, 0) is 43.0 Å². The summed E-state index contributed by atoms with van der Waals surface area (Å²) in [5.41, 5.74) is 1.01.